The van der Waals surface area contributed by atoms with E-state index in [1.165, 1.54) is 11.8 Å². The predicted octanol–water partition coefficient (Wildman–Crippen LogP) is 3.07. The van der Waals surface area contributed by atoms with Crippen LogP contribution < -0.4 is 5.32 Å². The molecule has 0 amide bonds. The standard InChI is InChI=1S/C14H19N5S/c1-9-11(15-5)18-13(14(2,3)4)19-12(9)20-10-6-7-16-8-17-10/h6-8H,1-5H3,(H,15,18,19). The van der Waals surface area contributed by atoms with E-state index >= 15 is 0 Å². The van der Waals surface area contributed by atoms with E-state index in [2.05, 4.69) is 41.0 Å². The molecule has 0 saturated carbocycles. The monoisotopic (exact) mass is 289 g/mol. The Bertz CT molecular complexity index is 593. The van der Waals surface area contributed by atoms with Crippen LogP contribution in [0.15, 0.2) is 28.6 Å². The molecule has 2 aromatic rings. The van der Waals surface area contributed by atoms with Crippen molar-refractivity contribution in [1.82, 2.24) is 19.9 Å². The van der Waals surface area contributed by atoms with E-state index in [9.17, 15) is 0 Å². The molecule has 0 spiro atoms. The molecule has 0 aliphatic carbocycles. The molecule has 6 heteroatoms. The topological polar surface area (TPSA) is 63.6 Å². The molecule has 0 radical (unpaired) electrons. The Morgan fingerprint density at radius 3 is 2.50 bits per heavy atom. The van der Waals surface area contributed by atoms with Gasteiger partial charge in [0.2, 0.25) is 0 Å². The lowest BCUT2D eigenvalue weighted by atomic mass is 9.95. The van der Waals surface area contributed by atoms with Crippen LogP contribution in [0.4, 0.5) is 5.82 Å². The summed E-state index contributed by atoms with van der Waals surface area (Å²) in [5, 5.41) is 4.94. The van der Waals surface area contributed by atoms with Gasteiger partial charge in [-0.2, -0.15) is 0 Å². The summed E-state index contributed by atoms with van der Waals surface area (Å²) in [5.74, 6) is 1.69. The first-order valence-electron chi connectivity index (χ1n) is 6.42. The van der Waals surface area contributed by atoms with Gasteiger partial charge in [0.25, 0.3) is 0 Å². The quantitative estimate of drug-likeness (QED) is 0.876. The summed E-state index contributed by atoms with van der Waals surface area (Å²) >= 11 is 1.53. The second-order valence-corrected chi connectivity index (χ2v) is 6.48. The van der Waals surface area contributed by atoms with Gasteiger partial charge in [-0.05, 0) is 24.8 Å². The molecule has 0 bridgehead atoms. The Balaban J connectivity index is 2.46. The van der Waals surface area contributed by atoms with Crippen LogP contribution in [0.3, 0.4) is 0 Å². The highest BCUT2D eigenvalue weighted by Gasteiger charge is 2.21. The highest BCUT2D eigenvalue weighted by Crippen LogP contribution is 2.32. The molecule has 0 unspecified atom stereocenters. The van der Waals surface area contributed by atoms with Crippen molar-refractivity contribution < 1.29 is 0 Å². The van der Waals surface area contributed by atoms with E-state index in [4.69, 9.17) is 4.98 Å². The average Bonchev–Trinajstić information content (AvgIpc) is 2.41. The summed E-state index contributed by atoms with van der Waals surface area (Å²) in [5.41, 5.74) is 0.935. The molecule has 2 heterocycles. The summed E-state index contributed by atoms with van der Waals surface area (Å²) in [6.45, 7) is 8.34. The van der Waals surface area contributed by atoms with Gasteiger partial charge in [0.15, 0.2) is 0 Å². The van der Waals surface area contributed by atoms with Crippen LogP contribution in [0.2, 0.25) is 0 Å². The van der Waals surface area contributed by atoms with Crippen molar-refractivity contribution in [2.45, 2.75) is 43.2 Å². The van der Waals surface area contributed by atoms with Crippen LogP contribution in [-0.2, 0) is 5.41 Å². The zero-order chi connectivity index (χ0) is 14.8. The van der Waals surface area contributed by atoms with Crippen molar-refractivity contribution >= 4 is 17.6 Å². The second-order valence-electron chi connectivity index (χ2n) is 5.48. The maximum absolute atomic E-state index is 4.70. The van der Waals surface area contributed by atoms with E-state index in [-0.39, 0.29) is 5.41 Å². The third-order valence-corrected chi connectivity index (χ3v) is 3.81. The van der Waals surface area contributed by atoms with Crippen LogP contribution in [0.5, 0.6) is 0 Å². The maximum atomic E-state index is 4.70. The highest BCUT2D eigenvalue weighted by atomic mass is 32.2. The fourth-order valence-electron chi connectivity index (χ4n) is 1.61. The molecule has 0 atom stereocenters. The summed E-state index contributed by atoms with van der Waals surface area (Å²) in [6.07, 6.45) is 3.28. The Morgan fingerprint density at radius 1 is 1.20 bits per heavy atom. The Labute approximate surface area is 123 Å². The smallest absolute Gasteiger partial charge is 0.137 e. The molecule has 20 heavy (non-hydrogen) atoms. The lowest BCUT2D eigenvalue weighted by Crippen LogP contribution is -2.18. The molecule has 0 fully saturated rings. The van der Waals surface area contributed by atoms with Gasteiger partial charge in [0.1, 0.15) is 28.0 Å². The molecule has 2 aromatic heterocycles. The van der Waals surface area contributed by atoms with Gasteiger partial charge in [-0.3, -0.25) is 0 Å². The first-order valence-corrected chi connectivity index (χ1v) is 7.24. The highest BCUT2D eigenvalue weighted by molar-refractivity contribution is 7.99. The van der Waals surface area contributed by atoms with Crippen LogP contribution in [0, 0.1) is 6.92 Å². The fraction of sp³-hybridized carbons (Fsp3) is 0.429. The van der Waals surface area contributed by atoms with Crippen molar-refractivity contribution in [3.05, 3.63) is 30.0 Å². The van der Waals surface area contributed by atoms with Crippen molar-refractivity contribution in [2.24, 2.45) is 0 Å². The van der Waals surface area contributed by atoms with Gasteiger partial charge in [-0.15, -0.1) is 0 Å². The summed E-state index contributed by atoms with van der Waals surface area (Å²) in [4.78, 5) is 17.5. The van der Waals surface area contributed by atoms with Crippen molar-refractivity contribution in [3.63, 3.8) is 0 Å². The maximum Gasteiger partial charge on any atom is 0.137 e. The molecular formula is C14H19N5S. The molecule has 1 N–H and O–H groups in total. The minimum Gasteiger partial charge on any atom is -0.373 e. The number of rotatable bonds is 3. The second kappa shape index (κ2) is 5.75. The number of hydrogen-bond donors (Lipinski definition) is 1. The minimum atomic E-state index is -0.0969. The van der Waals surface area contributed by atoms with E-state index in [1.807, 2.05) is 20.0 Å². The summed E-state index contributed by atoms with van der Waals surface area (Å²) in [6, 6.07) is 1.88. The number of hydrogen-bond acceptors (Lipinski definition) is 6. The lowest BCUT2D eigenvalue weighted by molar-refractivity contribution is 0.538. The molecule has 2 rings (SSSR count). The Morgan fingerprint density at radius 2 is 1.95 bits per heavy atom. The largest absolute Gasteiger partial charge is 0.373 e. The molecule has 5 nitrogen and oxygen atoms in total. The lowest BCUT2D eigenvalue weighted by Gasteiger charge is -2.20. The Kier molecular flexibility index (Phi) is 4.23. The van der Waals surface area contributed by atoms with Crippen molar-refractivity contribution in [2.75, 3.05) is 12.4 Å². The van der Waals surface area contributed by atoms with Gasteiger partial charge in [0, 0.05) is 24.2 Å². The van der Waals surface area contributed by atoms with E-state index < -0.39 is 0 Å². The van der Waals surface area contributed by atoms with Gasteiger partial charge < -0.3 is 5.32 Å². The number of aromatic nitrogens is 4. The normalized spacial score (nSPS) is 11.4. The summed E-state index contributed by atoms with van der Waals surface area (Å²) in [7, 11) is 1.88. The molecule has 0 aliphatic rings. The molecule has 0 saturated heterocycles. The molecular weight excluding hydrogens is 270 g/mol. The number of anilines is 1. The fourth-order valence-corrected chi connectivity index (χ4v) is 2.42. The van der Waals surface area contributed by atoms with Crippen LogP contribution in [0.1, 0.15) is 32.2 Å². The minimum absolute atomic E-state index is 0.0969. The average molecular weight is 289 g/mol. The van der Waals surface area contributed by atoms with Gasteiger partial charge in [0.05, 0.1) is 0 Å². The number of nitrogens with zero attached hydrogens (tertiary/aromatic N) is 4. The zero-order valence-electron chi connectivity index (χ0n) is 12.4. The van der Waals surface area contributed by atoms with E-state index in [1.54, 1.807) is 12.5 Å². The molecule has 0 aromatic carbocycles. The van der Waals surface area contributed by atoms with Gasteiger partial charge >= 0.3 is 0 Å². The molecule has 0 aliphatic heterocycles. The van der Waals surface area contributed by atoms with Crippen LogP contribution >= 0.6 is 11.8 Å². The van der Waals surface area contributed by atoms with E-state index in [0.29, 0.717) is 0 Å². The zero-order valence-corrected chi connectivity index (χ0v) is 13.2. The molecule has 106 valence electrons. The number of nitrogens with one attached hydrogen (secondary N) is 1. The van der Waals surface area contributed by atoms with Crippen molar-refractivity contribution in [3.8, 4) is 0 Å². The van der Waals surface area contributed by atoms with Crippen LogP contribution in [-0.4, -0.2) is 27.0 Å². The van der Waals surface area contributed by atoms with Crippen LogP contribution in [0.25, 0.3) is 0 Å². The predicted molar refractivity (Wildman–Crippen MR) is 81.2 cm³/mol. The van der Waals surface area contributed by atoms with E-state index in [0.717, 1.165) is 27.3 Å². The summed E-state index contributed by atoms with van der Waals surface area (Å²) < 4.78 is 0. The third kappa shape index (κ3) is 3.25. The van der Waals surface area contributed by atoms with Gasteiger partial charge in [-0.25, -0.2) is 19.9 Å². The first kappa shape index (κ1) is 14.7. The first-order chi connectivity index (χ1) is 9.41. The SMILES string of the molecule is CNc1nc(C(C)(C)C)nc(Sc2ccncn2)c1C. The van der Waals surface area contributed by atoms with Gasteiger partial charge in [-0.1, -0.05) is 20.8 Å². The Hall–Kier alpha value is -1.69. The van der Waals surface area contributed by atoms with Crippen molar-refractivity contribution in [1.29, 1.82) is 0 Å². The third-order valence-electron chi connectivity index (χ3n) is 2.76.